The monoisotopic (exact) mass is 242 g/mol. The molecule has 68 valence electrons. The summed E-state index contributed by atoms with van der Waals surface area (Å²) in [7, 11) is 0. The van der Waals surface area contributed by atoms with Gasteiger partial charge in [-0.15, -0.1) is 0 Å². The zero-order chi connectivity index (χ0) is 9.72. The second-order valence-corrected chi connectivity index (χ2v) is 2.17. The van der Waals surface area contributed by atoms with E-state index in [9.17, 15) is 29.7 Å². The van der Waals surface area contributed by atoms with E-state index in [1.165, 1.54) is 0 Å². The summed E-state index contributed by atoms with van der Waals surface area (Å²) in [5, 5.41) is 29.8. The number of carboxylic acid groups (broad SMARTS) is 3. The molecule has 0 aliphatic heterocycles. The molecule has 0 unspecified atom stereocenters. The average Bonchev–Trinajstić information content (AvgIpc) is 1.83. The second kappa shape index (κ2) is 6.55. The van der Waals surface area contributed by atoms with E-state index in [0.29, 0.717) is 0 Å². The molecule has 0 spiro atoms. The number of rotatable bonds is 5. The van der Waals surface area contributed by atoms with Gasteiger partial charge in [0.15, 0.2) is 0 Å². The van der Waals surface area contributed by atoms with Crippen molar-refractivity contribution in [1.29, 1.82) is 0 Å². The van der Waals surface area contributed by atoms with Crippen molar-refractivity contribution in [2.45, 2.75) is 12.8 Å². The Labute approximate surface area is 86.6 Å². The minimum Gasteiger partial charge on any atom is -0.550 e. The van der Waals surface area contributed by atoms with Gasteiger partial charge in [0.25, 0.3) is 0 Å². The molecule has 0 amide bonds. The van der Waals surface area contributed by atoms with Crippen LogP contribution in [-0.4, -0.2) is 37.7 Å². The molecule has 0 fully saturated rings. The SMILES string of the molecule is O=C([O-])CC(CC(=O)[O-])C(=O)[O-].[Ga+3]. The van der Waals surface area contributed by atoms with E-state index >= 15 is 0 Å². The van der Waals surface area contributed by atoms with E-state index in [4.69, 9.17) is 0 Å². The van der Waals surface area contributed by atoms with Crippen LogP contribution in [0.1, 0.15) is 12.8 Å². The average molecular weight is 243 g/mol. The van der Waals surface area contributed by atoms with Crippen molar-refractivity contribution in [2.24, 2.45) is 5.92 Å². The maximum atomic E-state index is 10.1. The van der Waals surface area contributed by atoms with E-state index in [1.807, 2.05) is 0 Å². The van der Waals surface area contributed by atoms with E-state index in [-0.39, 0.29) is 19.8 Å². The molecule has 0 rings (SSSR count). The standard InChI is InChI=1S/C6H8O6.Ga/c7-4(8)1-3(6(11)12)2-5(9)10;/h3H,1-2H2,(H,7,8)(H,9,10)(H,11,12);/q;+3/p-3. The molecule has 0 aromatic rings. The van der Waals surface area contributed by atoms with Crippen LogP contribution in [0.2, 0.25) is 0 Å². The molecule has 0 bridgehead atoms. The van der Waals surface area contributed by atoms with E-state index in [1.54, 1.807) is 0 Å². The minimum atomic E-state index is -1.73. The van der Waals surface area contributed by atoms with Crippen LogP contribution in [0.15, 0.2) is 0 Å². The van der Waals surface area contributed by atoms with Gasteiger partial charge in [0, 0.05) is 23.8 Å². The Kier molecular flexibility index (Phi) is 7.34. The molecule has 0 heterocycles. The molecule has 0 saturated heterocycles. The Morgan fingerprint density at radius 3 is 1.38 bits per heavy atom. The Hall–Kier alpha value is -0.954. The van der Waals surface area contributed by atoms with Crippen LogP contribution in [0.25, 0.3) is 0 Å². The van der Waals surface area contributed by atoms with Crippen molar-refractivity contribution >= 4 is 37.7 Å². The second-order valence-electron chi connectivity index (χ2n) is 2.17. The molecule has 0 saturated carbocycles. The van der Waals surface area contributed by atoms with Crippen LogP contribution in [0.3, 0.4) is 0 Å². The fourth-order valence-corrected chi connectivity index (χ4v) is 0.641. The van der Waals surface area contributed by atoms with Gasteiger partial charge in [-0.25, -0.2) is 0 Å². The number of carboxylic acids is 3. The normalized spacial score (nSPS) is 9.00. The third kappa shape index (κ3) is 7.41. The fraction of sp³-hybridized carbons (Fsp3) is 0.500. The molecule has 0 N–H and O–H groups in total. The summed E-state index contributed by atoms with van der Waals surface area (Å²) in [5.41, 5.74) is 0. The van der Waals surface area contributed by atoms with Gasteiger partial charge in [-0.05, 0) is 12.8 Å². The van der Waals surface area contributed by atoms with Gasteiger partial charge in [-0.2, -0.15) is 0 Å². The summed E-state index contributed by atoms with van der Waals surface area (Å²) in [6.07, 6.45) is -1.76. The van der Waals surface area contributed by atoms with Gasteiger partial charge in [0.05, 0.1) is 0 Å². The molecule has 0 aromatic heterocycles. The molecule has 6 nitrogen and oxygen atoms in total. The molecule has 13 heavy (non-hydrogen) atoms. The Balaban J connectivity index is 0. The zero-order valence-electron chi connectivity index (χ0n) is 6.52. The first-order valence-electron chi connectivity index (χ1n) is 3.04. The van der Waals surface area contributed by atoms with Gasteiger partial charge in [-0.1, -0.05) is 0 Å². The molecule has 0 aliphatic rings. The molecule has 7 heteroatoms. The molecule has 0 aliphatic carbocycles. The molecular formula is C6H5GaO6. The Morgan fingerprint density at radius 1 is 0.923 bits per heavy atom. The molecular weight excluding hydrogens is 238 g/mol. The van der Waals surface area contributed by atoms with Gasteiger partial charge in [-0.3, -0.25) is 0 Å². The Morgan fingerprint density at radius 2 is 1.23 bits per heavy atom. The zero-order valence-corrected chi connectivity index (χ0v) is 8.94. The summed E-state index contributed by atoms with van der Waals surface area (Å²) in [6.45, 7) is 0. The molecule has 0 aromatic carbocycles. The van der Waals surface area contributed by atoms with Crippen molar-refractivity contribution in [3.63, 3.8) is 0 Å². The first-order chi connectivity index (χ1) is 5.43. The number of hydrogen-bond acceptors (Lipinski definition) is 6. The number of hydrogen-bond donors (Lipinski definition) is 0. The van der Waals surface area contributed by atoms with Crippen molar-refractivity contribution in [3.05, 3.63) is 0 Å². The maximum Gasteiger partial charge on any atom is 3.00 e. The van der Waals surface area contributed by atoms with E-state index in [2.05, 4.69) is 0 Å². The van der Waals surface area contributed by atoms with Crippen LogP contribution in [-0.2, 0) is 14.4 Å². The summed E-state index contributed by atoms with van der Waals surface area (Å²) in [4.78, 5) is 29.8. The summed E-state index contributed by atoms with van der Waals surface area (Å²) in [5.74, 6) is -6.58. The predicted molar refractivity (Wildman–Crippen MR) is 33.5 cm³/mol. The number of carbonyl (C=O) groups excluding carboxylic acids is 3. The summed E-state index contributed by atoms with van der Waals surface area (Å²) >= 11 is 0. The number of aliphatic carboxylic acids is 3. The van der Waals surface area contributed by atoms with Gasteiger partial charge in [0.2, 0.25) is 0 Å². The minimum absolute atomic E-state index is 0. The molecule has 0 atom stereocenters. The Bertz CT molecular complexity index is 197. The summed E-state index contributed by atoms with van der Waals surface area (Å²) in [6, 6.07) is 0. The molecule has 0 radical (unpaired) electrons. The quantitative estimate of drug-likeness (QED) is 0.447. The van der Waals surface area contributed by atoms with Gasteiger partial charge < -0.3 is 29.7 Å². The predicted octanol–water partition coefficient (Wildman–Crippen LogP) is -4.75. The number of carbonyl (C=O) groups is 3. The van der Waals surface area contributed by atoms with Crippen molar-refractivity contribution < 1.29 is 29.7 Å². The van der Waals surface area contributed by atoms with Crippen LogP contribution < -0.4 is 15.3 Å². The smallest absolute Gasteiger partial charge is 0.550 e. The first kappa shape index (κ1) is 14.6. The van der Waals surface area contributed by atoms with Gasteiger partial charge in [0.1, 0.15) is 0 Å². The van der Waals surface area contributed by atoms with Gasteiger partial charge >= 0.3 is 19.8 Å². The third-order valence-electron chi connectivity index (χ3n) is 1.16. The first-order valence-corrected chi connectivity index (χ1v) is 3.04. The van der Waals surface area contributed by atoms with Crippen LogP contribution in [0.4, 0.5) is 0 Å². The fourth-order valence-electron chi connectivity index (χ4n) is 0.641. The van der Waals surface area contributed by atoms with E-state index < -0.39 is 36.7 Å². The van der Waals surface area contributed by atoms with Crippen molar-refractivity contribution in [3.8, 4) is 0 Å². The van der Waals surface area contributed by atoms with E-state index in [0.717, 1.165) is 0 Å². The summed E-state index contributed by atoms with van der Waals surface area (Å²) < 4.78 is 0. The van der Waals surface area contributed by atoms with Crippen molar-refractivity contribution in [1.82, 2.24) is 0 Å². The maximum absolute atomic E-state index is 10.1. The topological polar surface area (TPSA) is 120 Å². The van der Waals surface area contributed by atoms with Crippen LogP contribution in [0.5, 0.6) is 0 Å². The van der Waals surface area contributed by atoms with Crippen LogP contribution in [0, 0.1) is 5.92 Å². The largest absolute Gasteiger partial charge is 3.00 e. The van der Waals surface area contributed by atoms with Crippen LogP contribution >= 0.6 is 0 Å². The third-order valence-corrected chi connectivity index (χ3v) is 1.16. The van der Waals surface area contributed by atoms with Crippen molar-refractivity contribution in [2.75, 3.05) is 0 Å².